The molecule has 0 spiro atoms. The molecule has 0 aliphatic heterocycles. The summed E-state index contributed by atoms with van der Waals surface area (Å²) in [6.07, 6.45) is 15.4. The Hall–Kier alpha value is -11.4. The maximum Gasteiger partial charge on any atom is 0.297 e. The molecule has 16 nitrogen and oxygen atoms in total. The number of methoxy groups -OCH3 is 2. The van der Waals surface area contributed by atoms with E-state index >= 15 is 0 Å². The number of nitrogens with one attached hydrogen (secondary N) is 1. The number of carbonyl (C=O) groups excluding carboxylic acids is 2. The average Bonchev–Trinajstić information content (AvgIpc) is 4.32. The normalized spacial score (nSPS) is 9.04. The molecule has 1 N–H and O–H groups in total. The quantitative estimate of drug-likeness (QED) is 0.0687. The lowest BCUT2D eigenvalue weighted by Gasteiger charge is -2.22. The molecule has 8 aromatic rings. The number of aromatic nitrogens is 6. The zero-order valence-electron chi connectivity index (χ0n) is 44.6. The first-order chi connectivity index (χ1) is 39.4. The van der Waals surface area contributed by atoms with Gasteiger partial charge in [0.15, 0.2) is 23.0 Å². The van der Waals surface area contributed by atoms with Crippen LogP contribution in [0.3, 0.4) is 0 Å². The Kier molecular flexibility index (Phi) is 25.9. The van der Waals surface area contributed by atoms with E-state index in [0.29, 0.717) is 23.6 Å². The second kappa shape index (κ2) is 33.7. The Bertz CT molecular complexity index is 4170. The van der Waals surface area contributed by atoms with Gasteiger partial charge in [-0.15, -0.1) is 12.8 Å². The molecular weight excluding hydrogens is 1060 g/mol. The molecule has 4 aromatic carbocycles. The molecule has 0 amide bonds. The molecule has 0 atom stereocenters. The van der Waals surface area contributed by atoms with Crippen molar-refractivity contribution in [3.8, 4) is 119 Å². The van der Waals surface area contributed by atoms with Crippen LogP contribution in [0, 0.1) is 108 Å². The van der Waals surface area contributed by atoms with Crippen LogP contribution in [0.4, 0.5) is 5.95 Å². The van der Waals surface area contributed by atoms with Crippen molar-refractivity contribution in [2.45, 2.75) is 33.4 Å². The number of hydrogen-bond donors (Lipinski definition) is 1. The highest BCUT2D eigenvalue weighted by atomic mass is 35.5. The molecule has 4 heterocycles. The first-order valence-electron chi connectivity index (χ1n) is 23.9. The zero-order chi connectivity index (χ0) is 58.4. The van der Waals surface area contributed by atoms with Gasteiger partial charge in [0.05, 0.1) is 26.6 Å². The van der Waals surface area contributed by atoms with Gasteiger partial charge in [-0.1, -0.05) is 103 Å². The summed E-state index contributed by atoms with van der Waals surface area (Å²) in [7, 11) is 9.51. The highest BCUT2D eigenvalue weighted by Crippen LogP contribution is 2.24. The van der Waals surface area contributed by atoms with Gasteiger partial charge in [-0.3, -0.25) is 28.3 Å². The van der Waals surface area contributed by atoms with Crippen LogP contribution in [0.5, 0.6) is 11.5 Å². The monoisotopic (exact) mass is 1110 g/mol. The number of hydrogen-bond acceptors (Lipinski definition) is 14. The number of halogens is 1. The summed E-state index contributed by atoms with van der Waals surface area (Å²) in [5.41, 5.74) is 2.57. The number of benzene rings is 4. The van der Waals surface area contributed by atoms with Crippen molar-refractivity contribution in [2.75, 3.05) is 33.2 Å². The molecule has 406 valence electrons. The fraction of sp³-hybridized carbons (Fsp3) is 0.169. The molecule has 8 rings (SSSR count). The number of terminal acetylenes is 2. The molecule has 0 aliphatic rings. The Morgan fingerprint density at radius 1 is 0.610 bits per heavy atom. The highest BCUT2D eigenvalue weighted by molar-refractivity contribution is 6.28. The minimum absolute atomic E-state index is 0. The fourth-order valence-electron chi connectivity index (χ4n) is 7.22. The number of ether oxygens (including phenoxy) is 2. The maximum atomic E-state index is 12.9. The summed E-state index contributed by atoms with van der Waals surface area (Å²) in [4.78, 5) is 60.0. The molecule has 0 unspecified atom stereocenters. The molecular formula is C65H51ClN8O8. The van der Waals surface area contributed by atoms with Gasteiger partial charge in [0, 0.05) is 58.2 Å². The second-order valence-electron chi connectivity index (χ2n) is 16.3. The fourth-order valence-corrected chi connectivity index (χ4v) is 7.38. The number of Topliss-reactive ketones (excluding diaryl/α,β-unsaturated/α-hetero) is 2. The van der Waals surface area contributed by atoms with E-state index in [-0.39, 0.29) is 54.2 Å². The Morgan fingerprint density at radius 3 is 1.44 bits per heavy atom. The van der Waals surface area contributed by atoms with Crippen LogP contribution in [0.25, 0.3) is 21.5 Å². The molecule has 0 saturated heterocycles. The van der Waals surface area contributed by atoms with Crippen LogP contribution in [0.1, 0.15) is 50.7 Å². The minimum Gasteiger partial charge on any atom is -0.489 e. The summed E-state index contributed by atoms with van der Waals surface area (Å²) >= 11 is 5.79. The van der Waals surface area contributed by atoms with Crippen LogP contribution >= 0.6 is 11.6 Å². The average molecular weight is 1110 g/mol. The van der Waals surface area contributed by atoms with E-state index in [9.17, 15) is 19.2 Å². The predicted octanol–water partition coefficient (Wildman–Crippen LogP) is 7.32. The van der Waals surface area contributed by atoms with Gasteiger partial charge in [0.25, 0.3) is 11.1 Å². The lowest BCUT2D eigenvalue weighted by Crippen LogP contribution is -2.31. The number of fused-ring (bicyclic) bond motifs is 2. The summed E-state index contributed by atoms with van der Waals surface area (Å²) in [6, 6.07) is 29.1. The molecule has 4 aromatic heterocycles. The lowest BCUT2D eigenvalue weighted by molar-refractivity contribution is 0.0975. The van der Waals surface area contributed by atoms with Crippen molar-refractivity contribution < 1.29 is 28.1 Å². The van der Waals surface area contributed by atoms with E-state index in [1.54, 1.807) is 7.05 Å². The molecule has 82 heavy (non-hydrogen) atoms. The van der Waals surface area contributed by atoms with Crippen molar-refractivity contribution in [3.05, 3.63) is 169 Å². The van der Waals surface area contributed by atoms with Crippen molar-refractivity contribution in [2.24, 2.45) is 14.1 Å². The van der Waals surface area contributed by atoms with Crippen LogP contribution in [-0.4, -0.2) is 69.3 Å². The van der Waals surface area contributed by atoms with Crippen LogP contribution in [0.2, 0.25) is 5.28 Å². The van der Waals surface area contributed by atoms with Gasteiger partial charge < -0.3 is 28.7 Å². The van der Waals surface area contributed by atoms with Crippen molar-refractivity contribution >= 4 is 50.7 Å². The highest BCUT2D eigenvalue weighted by Gasteiger charge is 2.24. The Morgan fingerprint density at radius 2 is 1.01 bits per heavy atom. The number of anilines is 1. The lowest BCUT2D eigenvalue weighted by atomic mass is 10.0. The Balaban J connectivity index is 0.000000247. The van der Waals surface area contributed by atoms with Gasteiger partial charge in [-0.05, 0) is 146 Å². The van der Waals surface area contributed by atoms with E-state index in [1.807, 2.05) is 43.3 Å². The maximum absolute atomic E-state index is 12.9. The number of carbonyl (C=O) groups is 2. The predicted molar refractivity (Wildman–Crippen MR) is 318 cm³/mol. The molecule has 0 aliphatic carbocycles. The summed E-state index contributed by atoms with van der Waals surface area (Å²) in [6.45, 7) is 1.44. The summed E-state index contributed by atoms with van der Waals surface area (Å²) in [5.74, 6) is 37.6. The largest absolute Gasteiger partial charge is 0.489 e. The van der Waals surface area contributed by atoms with Gasteiger partial charge in [-0.25, -0.2) is 9.97 Å². The van der Waals surface area contributed by atoms with Crippen LogP contribution in [-0.2, 0) is 40.0 Å². The molecule has 0 fully saturated rings. The topological polar surface area (TPSA) is 190 Å². The van der Waals surface area contributed by atoms with E-state index in [4.69, 9.17) is 38.4 Å². The number of nitrogens with zero attached hydrogens (tertiary/aromatic N) is 7. The van der Waals surface area contributed by atoms with Crippen molar-refractivity contribution in [1.29, 1.82) is 0 Å². The van der Waals surface area contributed by atoms with Crippen molar-refractivity contribution in [1.82, 2.24) is 34.7 Å². The van der Waals surface area contributed by atoms with Crippen LogP contribution < -0.4 is 30.8 Å². The van der Waals surface area contributed by atoms with E-state index < -0.39 is 16.9 Å². The van der Waals surface area contributed by atoms with Gasteiger partial charge >= 0.3 is 0 Å². The number of ketones is 2. The molecule has 17 heteroatoms. The third kappa shape index (κ3) is 18.4. The van der Waals surface area contributed by atoms with E-state index in [0.717, 1.165) is 27.4 Å². The summed E-state index contributed by atoms with van der Waals surface area (Å²) in [5, 5.41) is 15.1. The zero-order valence-corrected chi connectivity index (χ0v) is 45.4. The van der Waals surface area contributed by atoms with Crippen molar-refractivity contribution in [3.63, 3.8) is 0 Å². The Labute approximate surface area is 480 Å². The first-order valence-corrected chi connectivity index (χ1v) is 24.2. The molecule has 0 bridgehead atoms. The van der Waals surface area contributed by atoms with Gasteiger partial charge in [0.2, 0.25) is 22.7 Å². The minimum atomic E-state index is -0.517. The van der Waals surface area contributed by atoms with E-state index in [1.165, 1.54) is 67.1 Å². The van der Waals surface area contributed by atoms with Gasteiger partial charge in [0.1, 0.15) is 12.5 Å². The molecule has 0 saturated carbocycles. The second-order valence-corrected chi connectivity index (χ2v) is 16.6. The molecule has 0 radical (unpaired) electrons. The third-order valence-corrected chi connectivity index (χ3v) is 11.2. The summed E-state index contributed by atoms with van der Waals surface area (Å²) < 4.78 is 22.1. The smallest absolute Gasteiger partial charge is 0.297 e. The SMILES string of the molecule is C.C#CC#CC#CC#CC#CC#CC#CC#CC#C.CNCc1cccc2ccccc12.COc1c(C(=O)Cc2cnoc2)nc(Cl)n(C)c1=O.COc1c(C(=O)Cc2cnoc2)nc(N(C)Cc2cccc3ccccc23)n(C)c1=O. The van der Waals surface area contributed by atoms with Crippen LogP contribution in [0.15, 0.2) is 128 Å². The van der Waals surface area contributed by atoms with Gasteiger partial charge in [-0.2, -0.15) is 0 Å². The standard InChI is InChI=1S/C23H22N4O4.C18H2.C12H13N.C11H10ClN3O4.CH4/c1-26(13-17-9-6-8-16-7-4-5-10-18(16)17)23-25-20(21(30-3)22(29)27(23)2)19(28)11-15-12-24-31-14-15;1-3-5-7-9-11-13-15-17-18-16-14-12-10-8-6-4-2;1-13-9-11-7-4-6-10-5-2-3-8-12(10)11;1-15-10(17)9(18-2)8(14-11(15)12)7(16)3-6-4-13-19-5-6;/h4-10,12,14H,11,13H2,1-3H3;1-2H;2-8,13H,9H2,1H3;4-5H,3H2,1-2H3;1H4. The van der Waals surface area contributed by atoms with E-state index in [2.05, 4.69) is 186 Å². The first kappa shape index (κ1) is 63.1. The number of rotatable bonds is 13. The third-order valence-electron chi connectivity index (χ3n) is 10.9.